The minimum atomic E-state index is -0.754. The molecule has 2 fully saturated rings. The van der Waals surface area contributed by atoms with Crippen LogP contribution in [0.15, 0.2) is 125 Å². The van der Waals surface area contributed by atoms with Crippen LogP contribution < -0.4 is 20.7 Å². The van der Waals surface area contributed by atoms with Gasteiger partial charge in [-0.15, -0.1) is 57.5 Å². The molecule has 0 radical (unpaired) electrons. The topological polar surface area (TPSA) is 79.7 Å². The summed E-state index contributed by atoms with van der Waals surface area (Å²) in [5, 5.41) is 0.985. The van der Waals surface area contributed by atoms with E-state index in [0.29, 0.717) is 0 Å². The fourth-order valence-corrected chi connectivity index (χ4v) is 10.1. The van der Waals surface area contributed by atoms with E-state index in [0.717, 1.165) is 65.7 Å². The van der Waals surface area contributed by atoms with Gasteiger partial charge in [-0.1, -0.05) is 146 Å². The standard InChI is InChI=1S/C56H65B6N4O6S.Pt/c1-52(2,3)38-29-30-63-51(31-38)66-47-24-17-16-23-45(47)46-28-27-44(36-50(46)66)73-43-22-20-21-41(35-43)64-37-65(49-26-19-18-25-48(49)64)42-33-39(57-67-59(53(4,5)6)71-60(68-57)54(7,8)9)32-40(34-42)58-69-61(55(10,11)12)72-62(70-58)56(13,14)15;/h16-34,37H,1-15H3;/q-3;. The number of aromatic nitrogens is 2. The summed E-state index contributed by atoms with van der Waals surface area (Å²) in [5.41, 5.74) is 8.69. The first-order chi connectivity index (χ1) is 34.3. The Labute approximate surface area is 460 Å². The van der Waals surface area contributed by atoms with Gasteiger partial charge in [0.05, 0.1) is 0 Å². The molecule has 18 heteroatoms. The monoisotopic (exact) mass is 1180 g/mol. The third-order valence-electron chi connectivity index (χ3n) is 13.4. The predicted molar refractivity (Wildman–Crippen MR) is 306 cm³/mol. The van der Waals surface area contributed by atoms with E-state index < -0.39 is 42.7 Å². The second-order valence-electron chi connectivity index (χ2n) is 25.1. The fraction of sp³-hybridized carbons (Fsp3) is 0.357. The van der Waals surface area contributed by atoms with E-state index in [-0.39, 0.29) is 47.7 Å². The minimum absolute atomic E-state index is 0. The maximum Gasteiger partial charge on any atom is 0.466 e. The Hall–Kier alpha value is -4.16. The number of hydrogen-bond acceptors (Lipinski definition) is 10. The molecule has 10 nitrogen and oxygen atoms in total. The molecule has 7 aromatic rings. The molecule has 2 aromatic heterocycles. The van der Waals surface area contributed by atoms with E-state index >= 15 is 0 Å². The van der Waals surface area contributed by atoms with E-state index in [1.807, 2.05) is 6.20 Å². The third-order valence-corrected chi connectivity index (χ3v) is 14.3. The Morgan fingerprint density at radius 3 is 1.59 bits per heavy atom. The van der Waals surface area contributed by atoms with Crippen LogP contribution >= 0.6 is 11.8 Å². The number of benzene rings is 5. The molecule has 0 N–H and O–H groups in total. The first-order valence-electron chi connectivity index (χ1n) is 25.5. The maximum absolute atomic E-state index is 6.78. The predicted octanol–water partition coefficient (Wildman–Crippen LogP) is 13.3. The van der Waals surface area contributed by atoms with Gasteiger partial charge in [-0.3, -0.25) is 0 Å². The number of anilines is 4. The zero-order valence-electron chi connectivity index (χ0n) is 45.5. The van der Waals surface area contributed by atoms with Crippen molar-refractivity contribution in [2.45, 2.75) is 140 Å². The average Bonchev–Trinajstić information content (AvgIpc) is 3.89. The molecule has 5 aromatic carbocycles. The summed E-state index contributed by atoms with van der Waals surface area (Å²) >= 11 is 1.64. The van der Waals surface area contributed by atoms with Crippen molar-refractivity contribution in [1.82, 2.24) is 9.55 Å². The first kappa shape index (κ1) is 54.6. The van der Waals surface area contributed by atoms with Crippen LogP contribution in [0.2, 0.25) is 21.3 Å². The molecule has 5 heterocycles. The molecule has 3 aliphatic rings. The van der Waals surface area contributed by atoms with Gasteiger partial charge in [0.15, 0.2) is 0 Å². The molecule has 0 spiro atoms. The number of pyridine rings is 1. The summed E-state index contributed by atoms with van der Waals surface area (Å²) in [5.74, 6) is 0.878. The van der Waals surface area contributed by atoms with Gasteiger partial charge in [0, 0.05) is 49.8 Å². The summed E-state index contributed by atoms with van der Waals surface area (Å²) in [7, 11) is -3.63. The maximum atomic E-state index is 6.78. The molecule has 74 heavy (non-hydrogen) atoms. The van der Waals surface area contributed by atoms with Gasteiger partial charge in [-0.25, -0.2) is 4.98 Å². The van der Waals surface area contributed by atoms with Crippen LogP contribution in [0.25, 0.3) is 27.6 Å². The largest absolute Gasteiger partial charge is 0.493 e. The molecule has 0 aliphatic carbocycles. The molecule has 0 saturated carbocycles. The van der Waals surface area contributed by atoms with Gasteiger partial charge in [0.1, 0.15) is 5.82 Å². The van der Waals surface area contributed by atoms with Gasteiger partial charge >= 0.3 is 42.7 Å². The first-order valence-corrected chi connectivity index (χ1v) is 26.3. The summed E-state index contributed by atoms with van der Waals surface area (Å²) in [6.07, 6.45) is 1.92. The Bertz CT molecular complexity index is 3070. The quantitative estimate of drug-likeness (QED) is 0.114. The van der Waals surface area contributed by atoms with Gasteiger partial charge in [-0.05, 0) is 91.0 Å². The van der Waals surface area contributed by atoms with Gasteiger partial charge < -0.3 is 41.8 Å². The van der Waals surface area contributed by atoms with Gasteiger partial charge in [0.2, 0.25) is 0 Å². The molecule has 10 rings (SSSR count). The van der Waals surface area contributed by atoms with E-state index in [4.69, 9.17) is 32.4 Å². The van der Waals surface area contributed by atoms with Crippen LogP contribution in [0.4, 0.5) is 22.7 Å². The average molecular weight is 1180 g/mol. The molecule has 382 valence electrons. The normalized spacial score (nSPS) is 16.2. The summed E-state index contributed by atoms with van der Waals surface area (Å²) < 4.78 is 42.4. The fourth-order valence-electron chi connectivity index (χ4n) is 9.33. The van der Waals surface area contributed by atoms with E-state index in [2.05, 4.69) is 246 Å². The molecule has 3 aliphatic heterocycles. The zero-order chi connectivity index (χ0) is 52.0. The Morgan fingerprint density at radius 1 is 0.514 bits per heavy atom. The number of fused-ring (bicyclic) bond motifs is 4. The van der Waals surface area contributed by atoms with Crippen molar-refractivity contribution in [3.8, 4) is 5.82 Å². The second-order valence-corrected chi connectivity index (χ2v) is 26.2. The number of para-hydroxylation sites is 3. The van der Waals surface area contributed by atoms with Crippen molar-refractivity contribution in [3.05, 3.63) is 140 Å². The van der Waals surface area contributed by atoms with Crippen LogP contribution in [0.3, 0.4) is 0 Å². The Kier molecular flexibility index (Phi) is 15.0. The zero-order valence-corrected chi connectivity index (χ0v) is 48.6. The van der Waals surface area contributed by atoms with Crippen LogP contribution in [-0.4, -0.2) is 52.3 Å². The van der Waals surface area contributed by atoms with Crippen molar-refractivity contribution < 1.29 is 48.5 Å². The van der Waals surface area contributed by atoms with E-state index in [1.165, 1.54) is 10.9 Å². The van der Waals surface area contributed by atoms with Gasteiger partial charge in [-0.2, -0.15) is 24.3 Å². The number of rotatable bonds is 7. The second kappa shape index (κ2) is 20.3. The summed E-state index contributed by atoms with van der Waals surface area (Å²) in [6, 6.07) is 45.9. The molecular weight excluding hydrogens is 1120 g/mol. The van der Waals surface area contributed by atoms with Crippen molar-refractivity contribution in [3.63, 3.8) is 0 Å². The Morgan fingerprint density at radius 2 is 1.04 bits per heavy atom. The van der Waals surface area contributed by atoms with Gasteiger partial charge in [0.25, 0.3) is 0 Å². The summed E-state index contributed by atoms with van der Waals surface area (Å²) in [6.45, 7) is 34.4. The van der Waals surface area contributed by atoms with E-state index in [9.17, 15) is 0 Å². The van der Waals surface area contributed by atoms with E-state index in [1.54, 1.807) is 11.8 Å². The van der Waals surface area contributed by atoms with Crippen molar-refractivity contribution in [2.75, 3.05) is 9.80 Å². The summed E-state index contributed by atoms with van der Waals surface area (Å²) in [4.78, 5) is 11.2. The molecular formula is C56H65B6N4O6PtS-3. The SMILES string of the molecule is CC(C)(C)B1OB(c2cc(B3OB(C(C)(C)C)OB(C(C)(C)C)O3)cc(N3[CH-]N(c4[c-]c(Sc5[c-]c6c(cc5)c5ccccc5n6-c5cc(C(C)(C)C)ccn5)ccc4)c4ccccc43)c2)OB(C(C)(C)C)O1.[Pt]. The van der Waals surface area contributed by atoms with Crippen molar-refractivity contribution in [1.29, 1.82) is 0 Å². The van der Waals surface area contributed by atoms with Crippen LogP contribution in [-0.2, 0) is 53.9 Å². The Balaban J connectivity index is 0.00000672. The molecule has 2 saturated heterocycles. The number of hydrogen-bond donors (Lipinski definition) is 0. The number of nitrogens with zero attached hydrogens (tertiary/aromatic N) is 4. The molecule has 0 amide bonds. The van der Waals surface area contributed by atoms with Crippen LogP contribution in [0.5, 0.6) is 0 Å². The van der Waals surface area contributed by atoms with Crippen LogP contribution in [0, 0.1) is 18.8 Å². The molecule has 0 atom stereocenters. The smallest absolute Gasteiger partial charge is 0.466 e. The van der Waals surface area contributed by atoms with Crippen molar-refractivity contribution >= 4 is 110 Å². The molecule has 0 unspecified atom stereocenters. The third kappa shape index (κ3) is 11.2. The van der Waals surface area contributed by atoms with Crippen LogP contribution in [0.1, 0.15) is 109 Å². The van der Waals surface area contributed by atoms with Crippen molar-refractivity contribution in [2.24, 2.45) is 0 Å². The minimum Gasteiger partial charge on any atom is -0.493 e. The molecule has 0 bridgehead atoms.